The molecule has 1 aliphatic rings. The zero-order valence-corrected chi connectivity index (χ0v) is 10.5. The van der Waals surface area contributed by atoms with Crippen LogP contribution in [0.4, 0.5) is 0 Å². The quantitative estimate of drug-likeness (QED) is 0.386. The van der Waals surface area contributed by atoms with Crippen molar-refractivity contribution in [2.75, 3.05) is 0 Å². The van der Waals surface area contributed by atoms with E-state index in [4.69, 9.17) is 5.84 Å². The zero-order chi connectivity index (χ0) is 11.1. The summed E-state index contributed by atoms with van der Waals surface area (Å²) < 4.78 is 0. The predicted octanol–water partition coefficient (Wildman–Crippen LogP) is 3.22. The fourth-order valence-electron chi connectivity index (χ4n) is 2.86. The van der Waals surface area contributed by atoms with Gasteiger partial charge in [-0.2, -0.15) is 0 Å². The van der Waals surface area contributed by atoms with Gasteiger partial charge < -0.3 is 0 Å². The molecule has 0 heterocycles. The molecule has 15 heavy (non-hydrogen) atoms. The highest BCUT2D eigenvalue weighted by Crippen LogP contribution is 2.33. The molecule has 2 nitrogen and oxygen atoms in total. The van der Waals surface area contributed by atoms with Crippen molar-refractivity contribution in [2.24, 2.45) is 17.7 Å². The first-order valence-corrected chi connectivity index (χ1v) is 6.74. The summed E-state index contributed by atoms with van der Waals surface area (Å²) in [5, 5.41) is 0. The van der Waals surface area contributed by atoms with E-state index in [-0.39, 0.29) is 0 Å². The number of nitrogens with two attached hydrogens (primary N) is 1. The topological polar surface area (TPSA) is 38.0 Å². The van der Waals surface area contributed by atoms with E-state index in [0.717, 1.165) is 11.8 Å². The van der Waals surface area contributed by atoms with Crippen molar-refractivity contribution >= 4 is 0 Å². The van der Waals surface area contributed by atoms with E-state index in [2.05, 4.69) is 19.3 Å². The molecule has 3 unspecified atom stereocenters. The van der Waals surface area contributed by atoms with Crippen LogP contribution in [0.25, 0.3) is 0 Å². The van der Waals surface area contributed by atoms with E-state index in [1.165, 1.54) is 51.4 Å². The van der Waals surface area contributed by atoms with Crippen molar-refractivity contribution in [1.29, 1.82) is 0 Å². The van der Waals surface area contributed by atoms with Crippen LogP contribution in [-0.4, -0.2) is 6.04 Å². The maximum atomic E-state index is 5.66. The van der Waals surface area contributed by atoms with Crippen LogP contribution in [0, 0.1) is 11.8 Å². The van der Waals surface area contributed by atoms with Gasteiger partial charge in [-0.05, 0) is 31.1 Å². The van der Waals surface area contributed by atoms with Crippen LogP contribution >= 0.6 is 0 Å². The molecule has 1 rings (SSSR count). The van der Waals surface area contributed by atoms with Crippen LogP contribution in [0.2, 0.25) is 0 Å². The minimum atomic E-state index is 0.576. The molecule has 1 fully saturated rings. The summed E-state index contributed by atoms with van der Waals surface area (Å²) in [5.74, 6) is 7.42. The minimum Gasteiger partial charge on any atom is -0.271 e. The van der Waals surface area contributed by atoms with E-state index in [0.29, 0.717) is 6.04 Å². The SMILES string of the molecule is CCCCCCC(NN)C1CCC(C)C1. The lowest BCUT2D eigenvalue weighted by molar-refractivity contribution is 0.328. The number of hydrazine groups is 1. The third-order valence-corrected chi connectivity index (χ3v) is 3.89. The van der Waals surface area contributed by atoms with Crippen LogP contribution in [0.5, 0.6) is 0 Å². The van der Waals surface area contributed by atoms with Gasteiger partial charge in [0.25, 0.3) is 0 Å². The Kier molecular flexibility index (Phi) is 6.26. The Morgan fingerprint density at radius 3 is 2.60 bits per heavy atom. The molecule has 3 atom stereocenters. The number of nitrogens with one attached hydrogen (secondary N) is 1. The van der Waals surface area contributed by atoms with Crippen LogP contribution in [-0.2, 0) is 0 Å². The number of unbranched alkanes of at least 4 members (excludes halogenated alkanes) is 3. The van der Waals surface area contributed by atoms with Gasteiger partial charge in [0.2, 0.25) is 0 Å². The third-order valence-electron chi connectivity index (χ3n) is 3.89. The molecule has 0 aromatic carbocycles. The first-order valence-electron chi connectivity index (χ1n) is 6.74. The normalized spacial score (nSPS) is 28.2. The monoisotopic (exact) mass is 212 g/mol. The average molecular weight is 212 g/mol. The number of rotatable bonds is 7. The summed E-state index contributed by atoms with van der Waals surface area (Å²) in [5.41, 5.74) is 3.04. The van der Waals surface area contributed by atoms with E-state index >= 15 is 0 Å². The second-order valence-electron chi connectivity index (χ2n) is 5.30. The van der Waals surface area contributed by atoms with E-state index < -0.39 is 0 Å². The molecular formula is C13H28N2. The van der Waals surface area contributed by atoms with Gasteiger partial charge in [-0.25, -0.2) is 0 Å². The number of hydrogen-bond acceptors (Lipinski definition) is 2. The summed E-state index contributed by atoms with van der Waals surface area (Å²) >= 11 is 0. The maximum Gasteiger partial charge on any atom is 0.0238 e. The smallest absolute Gasteiger partial charge is 0.0238 e. The second-order valence-corrected chi connectivity index (χ2v) is 5.30. The van der Waals surface area contributed by atoms with Crippen molar-refractivity contribution in [2.45, 2.75) is 71.3 Å². The summed E-state index contributed by atoms with van der Waals surface area (Å²) in [6.07, 6.45) is 10.8. The molecule has 3 N–H and O–H groups in total. The lowest BCUT2D eigenvalue weighted by Gasteiger charge is -2.22. The highest BCUT2D eigenvalue weighted by atomic mass is 15.2. The molecule has 1 saturated carbocycles. The first kappa shape index (κ1) is 13.0. The van der Waals surface area contributed by atoms with Crippen molar-refractivity contribution < 1.29 is 0 Å². The summed E-state index contributed by atoms with van der Waals surface area (Å²) in [6.45, 7) is 4.63. The molecule has 0 aromatic rings. The maximum absolute atomic E-state index is 5.66. The molecule has 0 amide bonds. The van der Waals surface area contributed by atoms with Gasteiger partial charge in [0, 0.05) is 6.04 Å². The van der Waals surface area contributed by atoms with Crippen molar-refractivity contribution in [3.8, 4) is 0 Å². The van der Waals surface area contributed by atoms with Gasteiger partial charge in [0.1, 0.15) is 0 Å². The Labute approximate surface area is 95.0 Å². The minimum absolute atomic E-state index is 0.576. The summed E-state index contributed by atoms with van der Waals surface area (Å²) in [4.78, 5) is 0. The third kappa shape index (κ3) is 4.52. The molecule has 1 aliphatic carbocycles. The fourth-order valence-corrected chi connectivity index (χ4v) is 2.86. The van der Waals surface area contributed by atoms with Crippen molar-refractivity contribution in [1.82, 2.24) is 5.43 Å². The molecule has 0 bridgehead atoms. The molecule has 0 aliphatic heterocycles. The molecule has 2 heteroatoms. The van der Waals surface area contributed by atoms with Crippen molar-refractivity contribution in [3.05, 3.63) is 0 Å². The van der Waals surface area contributed by atoms with Gasteiger partial charge >= 0.3 is 0 Å². The highest BCUT2D eigenvalue weighted by Gasteiger charge is 2.27. The number of hydrogen-bond donors (Lipinski definition) is 2. The Hall–Kier alpha value is -0.0800. The van der Waals surface area contributed by atoms with Gasteiger partial charge in [0.15, 0.2) is 0 Å². The van der Waals surface area contributed by atoms with Gasteiger partial charge in [-0.1, -0.05) is 46.0 Å². The van der Waals surface area contributed by atoms with Crippen LogP contribution in [0.3, 0.4) is 0 Å². The average Bonchev–Trinajstić information content (AvgIpc) is 2.65. The van der Waals surface area contributed by atoms with E-state index in [9.17, 15) is 0 Å². The Balaban J connectivity index is 2.17. The fraction of sp³-hybridized carbons (Fsp3) is 1.00. The Morgan fingerprint density at radius 1 is 1.27 bits per heavy atom. The molecule has 90 valence electrons. The van der Waals surface area contributed by atoms with Crippen LogP contribution in [0.15, 0.2) is 0 Å². The molecule has 0 saturated heterocycles. The lowest BCUT2D eigenvalue weighted by Crippen LogP contribution is -2.40. The van der Waals surface area contributed by atoms with Crippen LogP contribution in [0.1, 0.15) is 65.2 Å². The van der Waals surface area contributed by atoms with E-state index in [1.807, 2.05) is 0 Å². The standard InChI is InChI=1S/C13H28N2/c1-3-4-5-6-7-13(15-14)12-9-8-11(2)10-12/h11-13,15H,3-10,14H2,1-2H3. The van der Waals surface area contributed by atoms with E-state index in [1.54, 1.807) is 0 Å². The molecule has 0 aromatic heterocycles. The molecule has 0 spiro atoms. The largest absolute Gasteiger partial charge is 0.271 e. The van der Waals surface area contributed by atoms with Gasteiger partial charge in [-0.15, -0.1) is 0 Å². The van der Waals surface area contributed by atoms with Crippen LogP contribution < -0.4 is 11.3 Å². The Morgan fingerprint density at radius 2 is 2.07 bits per heavy atom. The Bertz CT molecular complexity index is 159. The second kappa shape index (κ2) is 7.24. The van der Waals surface area contributed by atoms with Gasteiger partial charge in [0.05, 0.1) is 0 Å². The van der Waals surface area contributed by atoms with Crippen molar-refractivity contribution in [3.63, 3.8) is 0 Å². The predicted molar refractivity (Wildman–Crippen MR) is 66.4 cm³/mol. The highest BCUT2D eigenvalue weighted by molar-refractivity contribution is 4.81. The molecule has 0 radical (unpaired) electrons. The lowest BCUT2D eigenvalue weighted by atomic mass is 9.93. The summed E-state index contributed by atoms with van der Waals surface area (Å²) in [7, 11) is 0. The van der Waals surface area contributed by atoms with Gasteiger partial charge in [-0.3, -0.25) is 11.3 Å². The first-order chi connectivity index (χ1) is 7.27. The molecular weight excluding hydrogens is 184 g/mol. The summed E-state index contributed by atoms with van der Waals surface area (Å²) in [6, 6.07) is 0.576. The zero-order valence-electron chi connectivity index (χ0n) is 10.5.